The normalized spacial score (nSPS) is 24.9. The fourth-order valence-electron chi connectivity index (χ4n) is 1.78. The lowest BCUT2D eigenvalue weighted by Gasteiger charge is -2.10. The van der Waals surface area contributed by atoms with Crippen LogP contribution in [-0.4, -0.2) is 24.6 Å². The van der Waals surface area contributed by atoms with Crippen LogP contribution >= 0.6 is 0 Å². The van der Waals surface area contributed by atoms with E-state index in [1.807, 2.05) is 30.3 Å². The lowest BCUT2D eigenvalue weighted by Crippen LogP contribution is -2.15. The molecule has 0 aliphatic carbocycles. The molecule has 3 nitrogen and oxygen atoms in total. The zero-order valence-corrected chi connectivity index (χ0v) is 9.39. The van der Waals surface area contributed by atoms with Crippen LogP contribution < -0.4 is 0 Å². The van der Waals surface area contributed by atoms with Gasteiger partial charge in [-0.3, -0.25) is 4.79 Å². The van der Waals surface area contributed by atoms with Crippen LogP contribution in [-0.2, 0) is 20.9 Å². The second-order valence-electron chi connectivity index (χ2n) is 4.07. The van der Waals surface area contributed by atoms with Crippen LogP contribution in [0.5, 0.6) is 0 Å². The van der Waals surface area contributed by atoms with Gasteiger partial charge in [-0.05, 0) is 12.5 Å². The number of Topliss-reactive ketones (excluding diaryl/α,β-unsaturated/α-hetero) is 1. The van der Waals surface area contributed by atoms with Crippen molar-refractivity contribution in [2.45, 2.75) is 32.2 Å². The highest BCUT2D eigenvalue weighted by molar-refractivity contribution is 5.84. The minimum atomic E-state index is -0.259. The number of ketones is 1. The van der Waals surface area contributed by atoms with E-state index < -0.39 is 0 Å². The third kappa shape index (κ3) is 2.90. The van der Waals surface area contributed by atoms with E-state index in [2.05, 4.69) is 0 Å². The minimum absolute atomic E-state index is 0.0637. The average molecular weight is 220 g/mol. The van der Waals surface area contributed by atoms with E-state index in [9.17, 15) is 4.79 Å². The maximum absolute atomic E-state index is 11.2. The molecule has 1 aromatic rings. The largest absolute Gasteiger partial charge is 0.374 e. The summed E-state index contributed by atoms with van der Waals surface area (Å²) in [5, 5.41) is 0. The Balaban J connectivity index is 1.71. The molecule has 1 aromatic carbocycles. The molecule has 0 radical (unpaired) electrons. The number of carbonyl (C=O) groups excluding carboxylic acids is 1. The lowest BCUT2D eigenvalue weighted by molar-refractivity contribution is -0.121. The summed E-state index contributed by atoms with van der Waals surface area (Å²) in [4.78, 5) is 11.2. The Bertz CT molecular complexity index is 347. The predicted molar refractivity (Wildman–Crippen MR) is 60.1 cm³/mol. The van der Waals surface area contributed by atoms with Gasteiger partial charge in [-0.25, -0.2) is 0 Å². The number of rotatable bonds is 4. The van der Waals surface area contributed by atoms with Crippen LogP contribution in [0.15, 0.2) is 30.3 Å². The van der Waals surface area contributed by atoms with E-state index in [4.69, 9.17) is 9.47 Å². The van der Waals surface area contributed by atoms with Crippen molar-refractivity contribution < 1.29 is 14.3 Å². The molecule has 1 saturated heterocycles. The first kappa shape index (κ1) is 11.3. The van der Waals surface area contributed by atoms with Gasteiger partial charge in [0.25, 0.3) is 0 Å². The molecule has 0 aromatic heterocycles. The molecule has 3 heteroatoms. The van der Waals surface area contributed by atoms with E-state index in [1.165, 1.54) is 0 Å². The summed E-state index contributed by atoms with van der Waals surface area (Å²) < 4.78 is 11.0. The molecule has 1 heterocycles. The molecule has 86 valence electrons. The van der Waals surface area contributed by atoms with Crippen molar-refractivity contribution in [1.29, 1.82) is 0 Å². The van der Waals surface area contributed by atoms with E-state index in [0.717, 1.165) is 5.56 Å². The highest BCUT2D eigenvalue weighted by atomic mass is 16.5. The Morgan fingerprint density at radius 1 is 1.38 bits per heavy atom. The molecule has 2 atom stereocenters. The van der Waals surface area contributed by atoms with Crippen molar-refractivity contribution in [2.75, 3.05) is 6.61 Å². The minimum Gasteiger partial charge on any atom is -0.374 e. The topological polar surface area (TPSA) is 35.5 Å². The molecule has 0 bridgehead atoms. The summed E-state index contributed by atoms with van der Waals surface area (Å²) >= 11 is 0. The van der Waals surface area contributed by atoms with Gasteiger partial charge in [0.1, 0.15) is 6.10 Å². The fraction of sp³-hybridized carbons (Fsp3) is 0.462. The quantitative estimate of drug-likeness (QED) is 0.778. The van der Waals surface area contributed by atoms with Gasteiger partial charge in [0.15, 0.2) is 5.78 Å². The lowest BCUT2D eigenvalue weighted by atomic mass is 10.2. The zero-order valence-electron chi connectivity index (χ0n) is 9.39. The van der Waals surface area contributed by atoms with Crippen LogP contribution in [0.3, 0.4) is 0 Å². The first-order valence-corrected chi connectivity index (χ1v) is 5.55. The number of benzene rings is 1. The first-order valence-electron chi connectivity index (χ1n) is 5.55. The molecule has 1 aliphatic rings. The van der Waals surface area contributed by atoms with Gasteiger partial charge >= 0.3 is 0 Å². The molecule has 0 N–H and O–H groups in total. The van der Waals surface area contributed by atoms with Crippen molar-refractivity contribution in [3.63, 3.8) is 0 Å². The summed E-state index contributed by atoms with van der Waals surface area (Å²) in [7, 11) is 0. The third-order valence-corrected chi connectivity index (χ3v) is 2.69. The summed E-state index contributed by atoms with van der Waals surface area (Å²) in [6.45, 7) is 2.85. The number of ether oxygens (including phenoxy) is 2. The van der Waals surface area contributed by atoms with Crippen molar-refractivity contribution in [3.8, 4) is 0 Å². The summed E-state index contributed by atoms with van der Waals surface area (Å²) in [5.41, 5.74) is 1.14. The van der Waals surface area contributed by atoms with Gasteiger partial charge in [0.05, 0.1) is 19.3 Å². The van der Waals surface area contributed by atoms with Crippen molar-refractivity contribution >= 4 is 5.78 Å². The SMILES string of the molecule is CC1OC(COCc2ccccc2)CC1=O. The molecule has 1 aliphatic heterocycles. The molecule has 0 amide bonds. The smallest absolute Gasteiger partial charge is 0.163 e. The van der Waals surface area contributed by atoms with Crippen molar-refractivity contribution in [1.82, 2.24) is 0 Å². The molecule has 1 fully saturated rings. The van der Waals surface area contributed by atoms with Gasteiger partial charge in [0.2, 0.25) is 0 Å². The van der Waals surface area contributed by atoms with Gasteiger partial charge < -0.3 is 9.47 Å². The highest BCUT2D eigenvalue weighted by Gasteiger charge is 2.29. The molecule has 0 saturated carbocycles. The van der Waals surface area contributed by atoms with Crippen LogP contribution in [0.25, 0.3) is 0 Å². The van der Waals surface area contributed by atoms with Crippen molar-refractivity contribution in [2.24, 2.45) is 0 Å². The van der Waals surface area contributed by atoms with Crippen molar-refractivity contribution in [3.05, 3.63) is 35.9 Å². The van der Waals surface area contributed by atoms with Crippen LogP contribution in [0.1, 0.15) is 18.9 Å². The van der Waals surface area contributed by atoms with E-state index in [0.29, 0.717) is 19.6 Å². The molecular weight excluding hydrogens is 204 g/mol. The third-order valence-electron chi connectivity index (χ3n) is 2.69. The van der Waals surface area contributed by atoms with E-state index in [-0.39, 0.29) is 18.0 Å². The Labute approximate surface area is 95.4 Å². The zero-order chi connectivity index (χ0) is 11.4. The van der Waals surface area contributed by atoms with E-state index in [1.54, 1.807) is 6.92 Å². The first-order chi connectivity index (χ1) is 7.75. The molecule has 2 unspecified atom stereocenters. The summed E-state index contributed by atoms with van der Waals surface area (Å²) in [6.07, 6.45) is 0.159. The molecule has 0 spiro atoms. The second kappa shape index (κ2) is 5.23. The number of hydrogen-bond acceptors (Lipinski definition) is 3. The predicted octanol–water partition coefficient (Wildman–Crippen LogP) is 1.95. The van der Waals surface area contributed by atoms with E-state index >= 15 is 0 Å². The Hall–Kier alpha value is -1.19. The van der Waals surface area contributed by atoms with Gasteiger partial charge in [0, 0.05) is 6.42 Å². The Morgan fingerprint density at radius 3 is 2.75 bits per heavy atom. The number of hydrogen-bond donors (Lipinski definition) is 0. The van der Waals surface area contributed by atoms with Crippen LogP contribution in [0.4, 0.5) is 0 Å². The molecule has 16 heavy (non-hydrogen) atoms. The molecular formula is C13H16O3. The highest BCUT2D eigenvalue weighted by Crippen LogP contribution is 2.16. The Morgan fingerprint density at radius 2 is 2.12 bits per heavy atom. The van der Waals surface area contributed by atoms with Crippen LogP contribution in [0.2, 0.25) is 0 Å². The fourth-order valence-corrected chi connectivity index (χ4v) is 1.78. The van der Waals surface area contributed by atoms with Gasteiger partial charge in [-0.2, -0.15) is 0 Å². The van der Waals surface area contributed by atoms with Gasteiger partial charge in [-0.15, -0.1) is 0 Å². The number of carbonyl (C=O) groups is 1. The standard InChI is InChI=1S/C13H16O3/c1-10-13(14)7-12(16-10)9-15-8-11-5-3-2-4-6-11/h2-6,10,12H,7-9H2,1H3. The maximum atomic E-state index is 11.2. The summed E-state index contributed by atoms with van der Waals surface area (Å²) in [6, 6.07) is 9.98. The summed E-state index contributed by atoms with van der Waals surface area (Å²) in [5.74, 6) is 0.174. The van der Waals surface area contributed by atoms with Crippen LogP contribution in [0, 0.1) is 0 Å². The average Bonchev–Trinajstić information content (AvgIpc) is 2.60. The Kier molecular flexibility index (Phi) is 3.70. The molecule has 2 rings (SSSR count). The second-order valence-corrected chi connectivity index (χ2v) is 4.07. The maximum Gasteiger partial charge on any atom is 0.163 e. The van der Waals surface area contributed by atoms with Gasteiger partial charge in [-0.1, -0.05) is 30.3 Å². The monoisotopic (exact) mass is 220 g/mol.